The van der Waals surface area contributed by atoms with Crippen molar-refractivity contribution in [1.29, 1.82) is 0 Å². The zero-order valence-corrected chi connectivity index (χ0v) is 14.2. The Kier molecular flexibility index (Phi) is 5.00. The fraction of sp³-hybridized carbons (Fsp3) is 0.875. The third-order valence-corrected chi connectivity index (χ3v) is 4.25. The van der Waals surface area contributed by atoms with Gasteiger partial charge in [-0.05, 0) is 46.0 Å². The molecule has 0 aromatic carbocycles. The van der Waals surface area contributed by atoms with E-state index in [0.717, 1.165) is 39.0 Å². The SMILES string of the molecule is CCOC(=O)CN1CC2(CCN(C(=O)OC(C)(C)C)CC2)C1. The summed E-state index contributed by atoms with van der Waals surface area (Å²) < 4.78 is 10.4. The highest BCUT2D eigenvalue weighted by Crippen LogP contribution is 2.40. The molecule has 0 aliphatic carbocycles. The number of ether oxygens (including phenoxy) is 2. The summed E-state index contributed by atoms with van der Waals surface area (Å²) in [7, 11) is 0. The van der Waals surface area contributed by atoms with Crippen LogP contribution in [0.15, 0.2) is 0 Å². The Hall–Kier alpha value is -1.30. The van der Waals surface area contributed by atoms with E-state index in [4.69, 9.17) is 9.47 Å². The van der Waals surface area contributed by atoms with Crippen LogP contribution in [-0.4, -0.2) is 66.8 Å². The maximum Gasteiger partial charge on any atom is 0.410 e. The minimum Gasteiger partial charge on any atom is -0.465 e. The van der Waals surface area contributed by atoms with Gasteiger partial charge < -0.3 is 14.4 Å². The maximum atomic E-state index is 12.0. The second-order valence-electron chi connectivity index (χ2n) is 7.42. The number of amides is 1. The van der Waals surface area contributed by atoms with Crippen molar-refractivity contribution in [3.05, 3.63) is 0 Å². The van der Waals surface area contributed by atoms with Crippen molar-refractivity contribution in [3.63, 3.8) is 0 Å². The second-order valence-corrected chi connectivity index (χ2v) is 7.42. The summed E-state index contributed by atoms with van der Waals surface area (Å²) in [6.07, 6.45) is 1.74. The van der Waals surface area contributed by atoms with Gasteiger partial charge in [0, 0.05) is 26.2 Å². The topological polar surface area (TPSA) is 59.1 Å². The lowest BCUT2D eigenvalue weighted by Crippen LogP contribution is -2.61. The van der Waals surface area contributed by atoms with Gasteiger partial charge in [0.25, 0.3) is 0 Å². The maximum absolute atomic E-state index is 12.0. The number of esters is 1. The summed E-state index contributed by atoms with van der Waals surface area (Å²) in [5, 5.41) is 0. The van der Waals surface area contributed by atoms with Gasteiger partial charge in [-0.3, -0.25) is 9.69 Å². The van der Waals surface area contributed by atoms with E-state index in [-0.39, 0.29) is 17.5 Å². The number of piperidine rings is 1. The van der Waals surface area contributed by atoms with E-state index >= 15 is 0 Å². The molecule has 0 aromatic rings. The third-order valence-electron chi connectivity index (χ3n) is 4.25. The second kappa shape index (κ2) is 6.44. The van der Waals surface area contributed by atoms with Crippen molar-refractivity contribution in [1.82, 2.24) is 9.80 Å². The third kappa shape index (κ3) is 4.35. The molecule has 0 atom stereocenters. The van der Waals surface area contributed by atoms with Gasteiger partial charge in [-0.25, -0.2) is 4.79 Å². The minimum absolute atomic E-state index is 0.149. The first kappa shape index (κ1) is 17.1. The quantitative estimate of drug-likeness (QED) is 0.745. The summed E-state index contributed by atoms with van der Waals surface area (Å²) in [6.45, 7) is 11.6. The standard InChI is InChI=1S/C16H28N2O4/c1-5-21-13(19)10-17-11-16(12-17)6-8-18(9-7-16)14(20)22-15(2,3)4/h5-12H2,1-4H3. The molecule has 126 valence electrons. The molecule has 6 heteroatoms. The smallest absolute Gasteiger partial charge is 0.410 e. The summed E-state index contributed by atoms with van der Waals surface area (Å²) >= 11 is 0. The molecule has 22 heavy (non-hydrogen) atoms. The zero-order valence-electron chi connectivity index (χ0n) is 14.2. The van der Waals surface area contributed by atoms with Gasteiger partial charge >= 0.3 is 12.1 Å². The number of rotatable bonds is 3. The van der Waals surface area contributed by atoms with E-state index in [1.54, 1.807) is 4.90 Å². The zero-order chi connectivity index (χ0) is 16.4. The molecule has 1 amide bonds. The Morgan fingerprint density at radius 2 is 1.73 bits per heavy atom. The average molecular weight is 312 g/mol. The Morgan fingerprint density at radius 3 is 2.23 bits per heavy atom. The number of hydrogen-bond donors (Lipinski definition) is 0. The Balaban J connectivity index is 1.72. The summed E-state index contributed by atoms with van der Waals surface area (Å²) in [5.41, 5.74) is -0.176. The van der Waals surface area contributed by atoms with Crippen LogP contribution in [0.2, 0.25) is 0 Å². The molecule has 2 rings (SSSR count). The molecule has 2 fully saturated rings. The van der Waals surface area contributed by atoms with E-state index in [1.165, 1.54) is 0 Å². The van der Waals surface area contributed by atoms with Crippen molar-refractivity contribution in [2.45, 2.75) is 46.1 Å². The van der Waals surface area contributed by atoms with E-state index < -0.39 is 5.60 Å². The van der Waals surface area contributed by atoms with Crippen molar-refractivity contribution in [2.24, 2.45) is 5.41 Å². The number of likely N-dealkylation sites (tertiary alicyclic amines) is 2. The normalized spacial score (nSPS) is 21.4. The number of hydrogen-bond acceptors (Lipinski definition) is 5. The summed E-state index contributed by atoms with van der Waals surface area (Å²) in [4.78, 5) is 27.4. The first-order chi connectivity index (χ1) is 10.2. The number of carbonyl (C=O) groups is 2. The molecule has 1 spiro atoms. The van der Waals surface area contributed by atoms with Crippen LogP contribution in [0.5, 0.6) is 0 Å². The molecule has 0 saturated carbocycles. The molecular weight excluding hydrogens is 284 g/mol. The lowest BCUT2D eigenvalue weighted by molar-refractivity contribution is -0.149. The van der Waals surface area contributed by atoms with Gasteiger partial charge in [0.1, 0.15) is 5.60 Å². The van der Waals surface area contributed by atoms with Gasteiger partial charge in [0.2, 0.25) is 0 Å². The van der Waals surface area contributed by atoms with Gasteiger partial charge in [0.05, 0.1) is 13.2 Å². The highest BCUT2D eigenvalue weighted by Gasteiger charge is 2.46. The van der Waals surface area contributed by atoms with E-state index in [9.17, 15) is 9.59 Å². The van der Waals surface area contributed by atoms with Gasteiger partial charge in [-0.1, -0.05) is 0 Å². The first-order valence-corrected chi connectivity index (χ1v) is 8.09. The van der Waals surface area contributed by atoms with Crippen molar-refractivity contribution < 1.29 is 19.1 Å². The molecule has 2 aliphatic rings. The van der Waals surface area contributed by atoms with Crippen LogP contribution in [0.25, 0.3) is 0 Å². The number of carbonyl (C=O) groups excluding carboxylic acids is 2. The van der Waals surface area contributed by atoms with Gasteiger partial charge in [-0.15, -0.1) is 0 Å². The van der Waals surface area contributed by atoms with Crippen LogP contribution >= 0.6 is 0 Å². The van der Waals surface area contributed by atoms with Crippen LogP contribution in [0.4, 0.5) is 4.79 Å². The summed E-state index contributed by atoms with van der Waals surface area (Å²) in [5.74, 6) is -0.149. The monoisotopic (exact) mass is 312 g/mol. The number of nitrogens with zero attached hydrogens (tertiary/aromatic N) is 2. The molecule has 0 unspecified atom stereocenters. The Bertz CT molecular complexity index is 414. The lowest BCUT2D eigenvalue weighted by atomic mass is 9.72. The fourth-order valence-corrected chi connectivity index (χ4v) is 3.21. The van der Waals surface area contributed by atoms with Crippen molar-refractivity contribution in [2.75, 3.05) is 39.3 Å². The van der Waals surface area contributed by atoms with Gasteiger partial charge in [-0.2, -0.15) is 0 Å². The molecule has 0 aromatic heterocycles. The predicted octanol–water partition coefficient (Wildman–Crippen LogP) is 1.88. The fourth-order valence-electron chi connectivity index (χ4n) is 3.21. The Morgan fingerprint density at radius 1 is 1.14 bits per heavy atom. The first-order valence-electron chi connectivity index (χ1n) is 8.09. The van der Waals surface area contributed by atoms with E-state index in [1.807, 2.05) is 27.7 Å². The van der Waals surface area contributed by atoms with Crippen molar-refractivity contribution >= 4 is 12.1 Å². The lowest BCUT2D eigenvalue weighted by Gasteiger charge is -2.53. The van der Waals surface area contributed by atoms with Crippen LogP contribution in [0, 0.1) is 5.41 Å². The molecule has 2 saturated heterocycles. The molecule has 0 radical (unpaired) electrons. The molecular formula is C16H28N2O4. The molecule has 2 heterocycles. The van der Waals surface area contributed by atoms with Crippen molar-refractivity contribution in [3.8, 4) is 0 Å². The van der Waals surface area contributed by atoms with E-state index in [0.29, 0.717) is 13.2 Å². The van der Waals surface area contributed by atoms with Crippen LogP contribution in [0.3, 0.4) is 0 Å². The molecule has 6 nitrogen and oxygen atoms in total. The summed E-state index contributed by atoms with van der Waals surface area (Å²) in [6, 6.07) is 0. The van der Waals surface area contributed by atoms with E-state index in [2.05, 4.69) is 4.90 Å². The molecule has 0 bridgehead atoms. The average Bonchev–Trinajstić information content (AvgIpc) is 2.36. The largest absolute Gasteiger partial charge is 0.465 e. The highest BCUT2D eigenvalue weighted by molar-refractivity contribution is 5.71. The van der Waals surface area contributed by atoms with Gasteiger partial charge in [0.15, 0.2) is 0 Å². The highest BCUT2D eigenvalue weighted by atomic mass is 16.6. The minimum atomic E-state index is -0.445. The van der Waals surface area contributed by atoms with Crippen LogP contribution in [-0.2, 0) is 14.3 Å². The molecule has 0 N–H and O–H groups in total. The van der Waals surface area contributed by atoms with Crippen LogP contribution in [0.1, 0.15) is 40.5 Å². The molecule has 2 aliphatic heterocycles. The Labute approximate surface area is 132 Å². The predicted molar refractivity (Wildman–Crippen MR) is 82.5 cm³/mol. The van der Waals surface area contributed by atoms with Crippen LogP contribution < -0.4 is 0 Å².